The van der Waals surface area contributed by atoms with E-state index < -0.39 is 5.91 Å². The smallest absolute Gasteiger partial charge is 0.271 e. The topological polar surface area (TPSA) is 83.0 Å². The van der Waals surface area contributed by atoms with Crippen molar-refractivity contribution in [2.24, 2.45) is 11.7 Å². The van der Waals surface area contributed by atoms with Crippen LogP contribution in [0.4, 0.5) is 0 Å². The van der Waals surface area contributed by atoms with Gasteiger partial charge in [0.25, 0.3) is 5.91 Å². The molecule has 1 aliphatic heterocycles. The molecule has 2 rings (SSSR count). The number of rotatable bonds is 6. The van der Waals surface area contributed by atoms with Gasteiger partial charge >= 0.3 is 0 Å². The summed E-state index contributed by atoms with van der Waals surface area (Å²) in [5, 5.41) is 7.98. The van der Waals surface area contributed by atoms with Crippen LogP contribution in [0.5, 0.6) is 0 Å². The van der Waals surface area contributed by atoms with Gasteiger partial charge < -0.3 is 10.5 Å². The highest BCUT2D eigenvalue weighted by molar-refractivity contribution is 5.91. The molecule has 0 aliphatic carbocycles. The molecule has 1 aliphatic rings. The van der Waals surface area contributed by atoms with E-state index in [-0.39, 0.29) is 6.10 Å². The molecular weight excluding hydrogens is 244 g/mol. The van der Waals surface area contributed by atoms with Crippen LogP contribution in [-0.2, 0) is 17.7 Å². The van der Waals surface area contributed by atoms with Gasteiger partial charge in [-0.2, -0.15) is 0 Å². The second-order valence-corrected chi connectivity index (χ2v) is 5.50. The maximum atomic E-state index is 11.4. The molecule has 1 unspecified atom stereocenters. The number of primary amides is 1. The van der Waals surface area contributed by atoms with Gasteiger partial charge in [0.2, 0.25) is 0 Å². The molecule has 1 fully saturated rings. The van der Waals surface area contributed by atoms with Gasteiger partial charge in [-0.25, -0.2) is 4.68 Å². The van der Waals surface area contributed by atoms with Gasteiger partial charge in [-0.05, 0) is 31.6 Å². The molecule has 106 valence electrons. The Bertz CT molecular complexity index is 436. The van der Waals surface area contributed by atoms with Crippen LogP contribution in [0.1, 0.15) is 49.3 Å². The lowest BCUT2D eigenvalue weighted by atomic mass is 10.0. The van der Waals surface area contributed by atoms with Crippen LogP contribution in [0.2, 0.25) is 0 Å². The quantitative estimate of drug-likeness (QED) is 0.837. The number of hydrogen-bond donors (Lipinski definition) is 1. The first kappa shape index (κ1) is 14.0. The van der Waals surface area contributed by atoms with Crippen LogP contribution in [0.15, 0.2) is 0 Å². The fourth-order valence-electron chi connectivity index (χ4n) is 2.32. The molecule has 1 saturated heterocycles. The normalized spacial score (nSPS) is 19.2. The maximum Gasteiger partial charge on any atom is 0.271 e. The zero-order valence-electron chi connectivity index (χ0n) is 11.6. The minimum absolute atomic E-state index is 0.181. The predicted molar refractivity (Wildman–Crippen MR) is 70.7 cm³/mol. The van der Waals surface area contributed by atoms with Crippen molar-refractivity contribution < 1.29 is 9.53 Å². The molecule has 1 amide bonds. The van der Waals surface area contributed by atoms with Gasteiger partial charge in [-0.1, -0.05) is 19.1 Å². The largest absolute Gasteiger partial charge is 0.376 e. The first-order valence-corrected chi connectivity index (χ1v) is 6.91. The lowest BCUT2D eigenvalue weighted by Crippen LogP contribution is -2.20. The van der Waals surface area contributed by atoms with Crippen LogP contribution in [-0.4, -0.2) is 33.6 Å². The lowest BCUT2D eigenvalue weighted by Gasteiger charge is -2.12. The number of nitrogens with zero attached hydrogens (tertiary/aromatic N) is 3. The van der Waals surface area contributed by atoms with Crippen molar-refractivity contribution in [1.29, 1.82) is 0 Å². The molecule has 0 saturated carbocycles. The second-order valence-electron chi connectivity index (χ2n) is 5.50. The Kier molecular flexibility index (Phi) is 4.52. The van der Waals surface area contributed by atoms with Crippen LogP contribution < -0.4 is 5.73 Å². The van der Waals surface area contributed by atoms with Crippen molar-refractivity contribution in [2.75, 3.05) is 6.61 Å². The van der Waals surface area contributed by atoms with Crippen LogP contribution in [0.3, 0.4) is 0 Å². The molecule has 6 heteroatoms. The van der Waals surface area contributed by atoms with E-state index in [0.29, 0.717) is 18.2 Å². The molecular formula is C13H22N4O2. The molecule has 2 N–H and O–H groups in total. The number of hydrogen-bond acceptors (Lipinski definition) is 4. The minimum atomic E-state index is -0.502. The molecule has 0 radical (unpaired) electrons. The van der Waals surface area contributed by atoms with Gasteiger partial charge in [-0.15, -0.1) is 5.10 Å². The molecule has 0 bridgehead atoms. The van der Waals surface area contributed by atoms with Crippen molar-refractivity contribution in [3.63, 3.8) is 0 Å². The summed E-state index contributed by atoms with van der Waals surface area (Å²) in [4.78, 5) is 11.4. The number of nitrogens with two attached hydrogens (primary N) is 1. The van der Waals surface area contributed by atoms with Gasteiger partial charge in [0.05, 0.1) is 18.3 Å². The van der Waals surface area contributed by atoms with Crippen LogP contribution in [0, 0.1) is 5.92 Å². The van der Waals surface area contributed by atoms with Crippen LogP contribution >= 0.6 is 0 Å². The predicted octanol–water partition coefficient (Wildman–Crippen LogP) is 1.14. The molecule has 1 aromatic heterocycles. The number of carbonyl (C=O) groups is 1. The Morgan fingerprint density at radius 2 is 2.37 bits per heavy atom. The second kappa shape index (κ2) is 6.14. The highest BCUT2D eigenvalue weighted by atomic mass is 16.5. The number of carbonyl (C=O) groups excluding carboxylic acids is 1. The van der Waals surface area contributed by atoms with Crippen molar-refractivity contribution in [3.8, 4) is 0 Å². The van der Waals surface area contributed by atoms with Gasteiger partial charge in [-0.3, -0.25) is 4.79 Å². The first-order valence-electron chi connectivity index (χ1n) is 6.91. The summed E-state index contributed by atoms with van der Waals surface area (Å²) in [6.07, 6.45) is 4.06. The first-order chi connectivity index (χ1) is 9.08. The fourth-order valence-corrected chi connectivity index (χ4v) is 2.32. The molecule has 0 aromatic carbocycles. The minimum Gasteiger partial charge on any atom is -0.376 e. The van der Waals surface area contributed by atoms with E-state index in [0.717, 1.165) is 38.0 Å². The Morgan fingerprint density at radius 3 is 2.95 bits per heavy atom. The van der Waals surface area contributed by atoms with E-state index in [4.69, 9.17) is 10.5 Å². The van der Waals surface area contributed by atoms with E-state index in [1.165, 1.54) is 0 Å². The standard InChI is InChI=1S/C13H22N4O2/c1-9(2)5-6-11-12(13(14)18)15-16-17(11)8-10-4-3-7-19-10/h9-10H,3-8H2,1-2H3,(H2,14,18). The van der Waals surface area contributed by atoms with E-state index in [2.05, 4.69) is 24.2 Å². The average molecular weight is 266 g/mol. The summed E-state index contributed by atoms with van der Waals surface area (Å²) >= 11 is 0. The summed E-state index contributed by atoms with van der Waals surface area (Å²) in [6.45, 7) is 5.77. The average Bonchev–Trinajstić information content (AvgIpc) is 2.96. The molecule has 6 nitrogen and oxygen atoms in total. The van der Waals surface area contributed by atoms with Crippen molar-refractivity contribution in [1.82, 2.24) is 15.0 Å². The van der Waals surface area contributed by atoms with E-state index in [9.17, 15) is 4.79 Å². The molecule has 0 spiro atoms. The number of aromatic nitrogens is 3. The summed E-state index contributed by atoms with van der Waals surface area (Å²) < 4.78 is 7.39. The molecule has 1 aromatic rings. The Labute approximate surface area is 113 Å². The zero-order chi connectivity index (χ0) is 13.8. The lowest BCUT2D eigenvalue weighted by molar-refractivity contribution is 0.0924. The summed E-state index contributed by atoms with van der Waals surface area (Å²) in [5.74, 6) is 0.0594. The Balaban J connectivity index is 2.13. The summed E-state index contributed by atoms with van der Waals surface area (Å²) in [6, 6.07) is 0. The molecule has 19 heavy (non-hydrogen) atoms. The monoisotopic (exact) mass is 266 g/mol. The number of amides is 1. The van der Waals surface area contributed by atoms with Crippen molar-refractivity contribution in [2.45, 2.75) is 52.2 Å². The molecule has 2 heterocycles. The fraction of sp³-hybridized carbons (Fsp3) is 0.769. The van der Waals surface area contributed by atoms with Gasteiger partial charge in [0.1, 0.15) is 0 Å². The number of ether oxygens (including phenoxy) is 1. The van der Waals surface area contributed by atoms with Crippen molar-refractivity contribution in [3.05, 3.63) is 11.4 Å². The highest BCUT2D eigenvalue weighted by Crippen LogP contribution is 2.17. The third kappa shape index (κ3) is 3.53. The summed E-state index contributed by atoms with van der Waals surface area (Å²) in [5.41, 5.74) is 6.50. The highest BCUT2D eigenvalue weighted by Gasteiger charge is 2.22. The maximum absolute atomic E-state index is 11.4. The van der Waals surface area contributed by atoms with Gasteiger partial charge in [0, 0.05) is 6.61 Å². The third-order valence-electron chi connectivity index (χ3n) is 3.43. The zero-order valence-corrected chi connectivity index (χ0v) is 11.6. The Morgan fingerprint density at radius 1 is 1.58 bits per heavy atom. The SMILES string of the molecule is CC(C)CCc1c(C(N)=O)nnn1CC1CCCO1. The molecule has 1 atom stereocenters. The summed E-state index contributed by atoms with van der Waals surface area (Å²) in [7, 11) is 0. The third-order valence-corrected chi connectivity index (χ3v) is 3.43. The van der Waals surface area contributed by atoms with Crippen molar-refractivity contribution >= 4 is 5.91 Å². The van der Waals surface area contributed by atoms with E-state index in [1.807, 2.05) is 0 Å². The van der Waals surface area contributed by atoms with Crippen LogP contribution in [0.25, 0.3) is 0 Å². The van der Waals surface area contributed by atoms with E-state index >= 15 is 0 Å². The van der Waals surface area contributed by atoms with E-state index in [1.54, 1.807) is 4.68 Å². The van der Waals surface area contributed by atoms with Gasteiger partial charge in [0.15, 0.2) is 5.69 Å². The Hall–Kier alpha value is -1.43.